The van der Waals surface area contributed by atoms with Crippen molar-refractivity contribution in [3.63, 3.8) is 0 Å². The molecule has 9 heteroatoms. The first-order valence-corrected chi connectivity index (χ1v) is 8.83. The monoisotopic (exact) mass is 417 g/mol. The van der Waals surface area contributed by atoms with Crippen LogP contribution in [0.15, 0.2) is 4.79 Å². The van der Waals surface area contributed by atoms with Gasteiger partial charge in [-0.15, -0.1) is 24.8 Å². The van der Waals surface area contributed by atoms with Crippen molar-refractivity contribution in [1.29, 1.82) is 0 Å². The predicted octanol–water partition coefficient (Wildman–Crippen LogP) is 2.25. The zero-order chi connectivity index (χ0) is 18.4. The van der Waals surface area contributed by atoms with Crippen LogP contribution in [0.25, 0.3) is 11.0 Å². The van der Waals surface area contributed by atoms with Gasteiger partial charge in [0.25, 0.3) is 5.56 Å². The van der Waals surface area contributed by atoms with E-state index >= 15 is 0 Å². The third kappa shape index (κ3) is 4.31. The van der Waals surface area contributed by atoms with Crippen LogP contribution in [0.4, 0.5) is 0 Å². The van der Waals surface area contributed by atoms with Gasteiger partial charge in [0.05, 0.1) is 11.3 Å². The number of aryl methyl sites for hydroxylation is 3. The van der Waals surface area contributed by atoms with Gasteiger partial charge >= 0.3 is 0 Å². The molecule has 152 valence electrons. The fraction of sp³-hybridized carbons (Fsp3) is 0.611. The molecule has 2 heterocycles. The largest absolute Gasteiger partial charge is 0.352 e. The lowest BCUT2D eigenvalue weighted by Gasteiger charge is -2.37. The van der Waals surface area contributed by atoms with E-state index < -0.39 is 5.54 Å². The van der Waals surface area contributed by atoms with E-state index in [2.05, 4.69) is 15.4 Å². The lowest BCUT2D eigenvalue weighted by Crippen LogP contribution is -2.52. The van der Waals surface area contributed by atoms with Crippen LogP contribution in [0.3, 0.4) is 0 Å². The van der Waals surface area contributed by atoms with Crippen LogP contribution in [0.5, 0.6) is 0 Å². The second-order valence-corrected chi connectivity index (χ2v) is 7.52. The number of aromatic nitrogens is 3. The number of nitrogens with two attached hydrogens (primary N) is 1. The van der Waals surface area contributed by atoms with Crippen molar-refractivity contribution >= 4 is 41.8 Å². The molecule has 2 atom stereocenters. The second kappa shape index (κ2) is 8.63. The average molecular weight is 418 g/mol. The quantitative estimate of drug-likeness (QED) is 0.711. The molecule has 0 aliphatic heterocycles. The highest BCUT2D eigenvalue weighted by atomic mass is 35.5. The highest BCUT2D eigenvalue weighted by molar-refractivity contribution is 5.85. The predicted molar refractivity (Wildman–Crippen MR) is 112 cm³/mol. The van der Waals surface area contributed by atoms with Gasteiger partial charge in [0, 0.05) is 24.8 Å². The molecule has 2 unspecified atom stereocenters. The Morgan fingerprint density at radius 2 is 2.04 bits per heavy atom. The minimum Gasteiger partial charge on any atom is -0.352 e. The Hall–Kier alpha value is -1.57. The summed E-state index contributed by atoms with van der Waals surface area (Å²) in [4.78, 5) is 29.3. The van der Waals surface area contributed by atoms with Gasteiger partial charge in [-0.3, -0.25) is 19.4 Å². The van der Waals surface area contributed by atoms with Crippen LogP contribution in [0.1, 0.15) is 49.4 Å². The zero-order valence-corrected chi connectivity index (χ0v) is 17.9. The van der Waals surface area contributed by atoms with Gasteiger partial charge in [-0.1, -0.05) is 12.8 Å². The average Bonchev–Trinajstić information content (AvgIpc) is 2.80. The topological polar surface area (TPSA) is 106 Å². The fourth-order valence-electron chi connectivity index (χ4n) is 4.00. The Balaban J connectivity index is 0.00000182. The van der Waals surface area contributed by atoms with Gasteiger partial charge in [0.2, 0.25) is 5.91 Å². The van der Waals surface area contributed by atoms with Gasteiger partial charge in [-0.05, 0) is 44.7 Å². The summed E-state index contributed by atoms with van der Waals surface area (Å²) >= 11 is 0. The number of aromatic amines is 1. The molecule has 4 N–H and O–H groups in total. The van der Waals surface area contributed by atoms with Gasteiger partial charge in [-0.2, -0.15) is 0 Å². The summed E-state index contributed by atoms with van der Waals surface area (Å²) in [7, 11) is 1.77. The van der Waals surface area contributed by atoms with E-state index in [9.17, 15) is 9.59 Å². The first kappa shape index (κ1) is 23.5. The molecule has 1 fully saturated rings. The number of nitrogens with zero attached hydrogens (tertiary/aromatic N) is 2. The van der Waals surface area contributed by atoms with Crippen molar-refractivity contribution in [2.24, 2.45) is 18.7 Å². The third-order valence-electron chi connectivity index (χ3n) is 5.59. The molecule has 2 aromatic rings. The minimum absolute atomic E-state index is 0. The van der Waals surface area contributed by atoms with Crippen molar-refractivity contribution in [2.75, 3.05) is 0 Å². The van der Waals surface area contributed by atoms with E-state index in [0.29, 0.717) is 17.6 Å². The molecule has 0 saturated heterocycles. The smallest absolute Gasteiger partial charge is 0.273 e. The number of carbonyl (C=O) groups excluding carboxylic acids is 1. The molecular formula is C18H29Cl2N5O2. The Labute approximate surface area is 171 Å². The molecule has 27 heavy (non-hydrogen) atoms. The maximum atomic E-state index is 12.7. The summed E-state index contributed by atoms with van der Waals surface area (Å²) in [5.74, 6) is -0.177. The first-order valence-electron chi connectivity index (χ1n) is 8.83. The summed E-state index contributed by atoms with van der Waals surface area (Å²) < 4.78 is 1.63. The standard InChI is InChI=1S/C18H27N5O2.2ClH/c1-10-12(11(2)21-15-14(10)17(25)22-23(15)4)9-20-16(24)13-7-5-6-8-18(13,3)19;;/h13H,5-9,19H2,1-4H3,(H,20,24)(H,22,25);2*1H. The SMILES string of the molecule is Cc1nc2c(c(C)c1CNC(=O)C1CCCCC1(C)N)c(=O)[nH]n2C.Cl.Cl. The normalized spacial score (nSPS) is 22.0. The summed E-state index contributed by atoms with van der Waals surface area (Å²) in [5, 5.41) is 6.33. The van der Waals surface area contributed by atoms with E-state index in [1.807, 2.05) is 20.8 Å². The van der Waals surface area contributed by atoms with Crippen molar-refractivity contribution in [2.45, 2.75) is 58.5 Å². The molecule has 1 aliphatic rings. The van der Waals surface area contributed by atoms with E-state index in [-0.39, 0.29) is 42.2 Å². The van der Waals surface area contributed by atoms with Crippen molar-refractivity contribution in [3.8, 4) is 0 Å². The Bertz CT molecular complexity index is 888. The Morgan fingerprint density at radius 1 is 1.37 bits per heavy atom. The number of carbonyl (C=O) groups is 1. The molecule has 7 nitrogen and oxygen atoms in total. The van der Waals surface area contributed by atoms with E-state index in [1.165, 1.54) is 0 Å². The highest BCUT2D eigenvalue weighted by Crippen LogP contribution is 2.31. The minimum atomic E-state index is -0.453. The van der Waals surface area contributed by atoms with Crippen molar-refractivity contribution in [3.05, 3.63) is 27.2 Å². The van der Waals surface area contributed by atoms with Gasteiger partial charge in [0.1, 0.15) is 0 Å². The number of H-pyrrole nitrogens is 1. The number of fused-ring (bicyclic) bond motifs is 1. The number of amides is 1. The molecule has 1 saturated carbocycles. The zero-order valence-electron chi connectivity index (χ0n) is 16.2. The molecule has 1 amide bonds. The van der Waals surface area contributed by atoms with Gasteiger partial charge in [-0.25, -0.2) is 4.98 Å². The third-order valence-corrected chi connectivity index (χ3v) is 5.59. The van der Waals surface area contributed by atoms with Gasteiger partial charge < -0.3 is 11.1 Å². The molecule has 0 radical (unpaired) electrons. The van der Waals surface area contributed by atoms with Crippen LogP contribution in [-0.4, -0.2) is 26.2 Å². The number of hydrogen-bond acceptors (Lipinski definition) is 4. The second-order valence-electron chi connectivity index (χ2n) is 7.52. The van der Waals surface area contributed by atoms with E-state index in [0.717, 1.165) is 42.5 Å². The number of rotatable bonds is 3. The fourth-order valence-corrected chi connectivity index (χ4v) is 4.00. The van der Waals surface area contributed by atoms with E-state index in [4.69, 9.17) is 5.73 Å². The molecular weight excluding hydrogens is 389 g/mol. The Morgan fingerprint density at radius 3 is 2.67 bits per heavy atom. The summed E-state index contributed by atoms with van der Waals surface area (Å²) in [5.41, 5.74) is 8.93. The number of nitrogens with one attached hydrogen (secondary N) is 2. The summed E-state index contributed by atoms with van der Waals surface area (Å²) in [6, 6.07) is 0. The first-order chi connectivity index (χ1) is 11.7. The highest BCUT2D eigenvalue weighted by Gasteiger charge is 2.37. The van der Waals surface area contributed by atoms with Crippen LogP contribution < -0.4 is 16.6 Å². The van der Waals surface area contributed by atoms with Crippen LogP contribution in [0.2, 0.25) is 0 Å². The lowest BCUT2D eigenvalue weighted by atomic mass is 9.74. The van der Waals surface area contributed by atoms with Gasteiger partial charge in [0.15, 0.2) is 5.65 Å². The molecule has 1 aliphatic carbocycles. The molecule has 2 aromatic heterocycles. The molecule has 3 rings (SSSR count). The summed E-state index contributed by atoms with van der Waals surface area (Å²) in [6.45, 7) is 6.13. The number of halogens is 2. The Kier molecular flexibility index (Phi) is 7.50. The van der Waals surface area contributed by atoms with Crippen LogP contribution in [-0.2, 0) is 18.4 Å². The maximum absolute atomic E-state index is 12.7. The van der Waals surface area contributed by atoms with Crippen molar-refractivity contribution in [1.82, 2.24) is 20.1 Å². The maximum Gasteiger partial charge on any atom is 0.273 e. The summed E-state index contributed by atoms with van der Waals surface area (Å²) in [6.07, 6.45) is 3.81. The van der Waals surface area contributed by atoms with Crippen LogP contribution >= 0.6 is 24.8 Å². The molecule has 0 bridgehead atoms. The number of pyridine rings is 1. The lowest BCUT2D eigenvalue weighted by molar-refractivity contribution is -0.128. The van der Waals surface area contributed by atoms with Crippen LogP contribution in [0, 0.1) is 19.8 Å². The number of hydrogen-bond donors (Lipinski definition) is 3. The molecule has 0 aromatic carbocycles. The molecule has 0 spiro atoms. The van der Waals surface area contributed by atoms with E-state index in [1.54, 1.807) is 11.7 Å². The van der Waals surface area contributed by atoms with Crippen molar-refractivity contribution < 1.29 is 4.79 Å².